The maximum Gasteiger partial charge on any atom is 0.126 e. The van der Waals surface area contributed by atoms with Gasteiger partial charge in [-0.2, -0.15) is 0 Å². The Bertz CT molecular complexity index is 549. The Kier molecular flexibility index (Phi) is 3.66. The SMILES string of the molecule is Cc1cccc(NC(C)c2ccc(C)c(F)c2)c1. The van der Waals surface area contributed by atoms with Crippen LogP contribution in [-0.2, 0) is 0 Å². The van der Waals surface area contributed by atoms with Crippen molar-refractivity contribution in [3.8, 4) is 0 Å². The van der Waals surface area contributed by atoms with Crippen LogP contribution in [0.1, 0.15) is 29.7 Å². The molecular weight excluding hydrogens is 225 g/mol. The fourth-order valence-corrected chi connectivity index (χ4v) is 1.95. The van der Waals surface area contributed by atoms with Crippen LogP contribution in [0.4, 0.5) is 10.1 Å². The van der Waals surface area contributed by atoms with Crippen LogP contribution in [0.15, 0.2) is 42.5 Å². The summed E-state index contributed by atoms with van der Waals surface area (Å²) >= 11 is 0. The average Bonchev–Trinajstić information content (AvgIpc) is 2.32. The fourth-order valence-electron chi connectivity index (χ4n) is 1.95. The van der Waals surface area contributed by atoms with Gasteiger partial charge in [0, 0.05) is 11.7 Å². The summed E-state index contributed by atoms with van der Waals surface area (Å²) < 4.78 is 13.5. The number of anilines is 1. The monoisotopic (exact) mass is 243 g/mol. The average molecular weight is 243 g/mol. The van der Waals surface area contributed by atoms with Gasteiger partial charge in [-0.1, -0.05) is 24.3 Å². The second kappa shape index (κ2) is 5.21. The molecule has 0 spiro atoms. The van der Waals surface area contributed by atoms with E-state index >= 15 is 0 Å². The molecule has 18 heavy (non-hydrogen) atoms. The van der Waals surface area contributed by atoms with E-state index in [0.29, 0.717) is 5.56 Å². The number of hydrogen-bond donors (Lipinski definition) is 1. The van der Waals surface area contributed by atoms with Gasteiger partial charge >= 0.3 is 0 Å². The minimum absolute atomic E-state index is 0.0851. The normalized spacial score (nSPS) is 12.2. The second-order valence-electron chi connectivity index (χ2n) is 4.74. The van der Waals surface area contributed by atoms with Crippen molar-refractivity contribution in [3.63, 3.8) is 0 Å². The highest BCUT2D eigenvalue weighted by Crippen LogP contribution is 2.21. The van der Waals surface area contributed by atoms with Gasteiger partial charge in [0.15, 0.2) is 0 Å². The first-order valence-electron chi connectivity index (χ1n) is 6.15. The third kappa shape index (κ3) is 2.89. The van der Waals surface area contributed by atoms with Crippen LogP contribution in [0.2, 0.25) is 0 Å². The molecule has 0 radical (unpaired) electrons. The number of hydrogen-bond acceptors (Lipinski definition) is 1. The van der Waals surface area contributed by atoms with E-state index in [9.17, 15) is 4.39 Å². The Morgan fingerprint density at radius 3 is 2.50 bits per heavy atom. The zero-order chi connectivity index (χ0) is 13.1. The van der Waals surface area contributed by atoms with Gasteiger partial charge in [-0.15, -0.1) is 0 Å². The highest BCUT2D eigenvalue weighted by atomic mass is 19.1. The first-order chi connectivity index (χ1) is 8.56. The summed E-state index contributed by atoms with van der Waals surface area (Å²) in [4.78, 5) is 0. The number of aryl methyl sites for hydroxylation is 2. The maximum absolute atomic E-state index is 13.5. The lowest BCUT2D eigenvalue weighted by Gasteiger charge is -2.16. The molecule has 94 valence electrons. The molecule has 1 atom stereocenters. The van der Waals surface area contributed by atoms with Crippen LogP contribution in [0.25, 0.3) is 0 Å². The molecule has 0 saturated carbocycles. The summed E-state index contributed by atoms with van der Waals surface area (Å²) in [5, 5.41) is 3.38. The maximum atomic E-state index is 13.5. The minimum atomic E-state index is -0.148. The van der Waals surface area contributed by atoms with E-state index in [-0.39, 0.29) is 11.9 Å². The van der Waals surface area contributed by atoms with E-state index in [0.717, 1.165) is 11.3 Å². The van der Waals surface area contributed by atoms with E-state index in [1.165, 1.54) is 5.56 Å². The van der Waals surface area contributed by atoms with Crippen LogP contribution in [-0.4, -0.2) is 0 Å². The van der Waals surface area contributed by atoms with Crippen molar-refractivity contribution >= 4 is 5.69 Å². The summed E-state index contributed by atoms with van der Waals surface area (Å²) in [7, 11) is 0. The van der Waals surface area contributed by atoms with E-state index in [1.54, 1.807) is 13.0 Å². The number of benzene rings is 2. The zero-order valence-corrected chi connectivity index (χ0v) is 11.0. The molecule has 0 amide bonds. The summed E-state index contributed by atoms with van der Waals surface area (Å²) in [6, 6.07) is 13.6. The van der Waals surface area contributed by atoms with Crippen molar-refractivity contribution in [2.45, 2.75) is 26.8 Å². The van der Waals surface area contributed by atoms with Gasteiger partial charge in [0.2, 0.25) is 0 Å². The molecule has 0 aliphatic rings. The second-order valence-corrected chi connectivity index (χ2v) is 4.74. The zero-order valence-electron chi connectivity index (χ0n) is 11.0. The van der Waals surface area contributed by atoms with Crippen LogP contribution < -0.4 is 5.32 Å². The van der Waals surface area contributed by atoms with Crippen molar-refractivity contribution in [1.29, 1.82) is 0 Å². The molecule has 2 rings (SSSR count). The van der Waals surface area contributed by atoms with Gasteiger partial charge in [-0.3, -0.25) is 0 Å². The van der Waals surface area contributed by atoms with Crippen molar-refractivity contribution in [2.75, 3.05) is 5.32 Å². The molecule has 0 aromatic heterocycles. The lowest BCUT2D eigenvalue weighted by Crippen LogP contribution is -2.07. The summed E-state index contributed by atoms with van der Waals surface area (Å²) in [5.41, 5.74) is 3.91. The number of halogens is 1. The molecule has 2 aromatic rings. The van der Waals surface area contributed by atoms with Gasteiger partial charge in [-0.25, -0.2) is 4.39 Å². The van der Waals surface area contributed by atoms with Crippen LogP contribution >= 0.6 is 0 Å². The highest BCUT2D eigenvalue weighted by Gasteiger charge is 2.07. The Morgan fingerprint density at radius 1 is 1.06 bits per heavy atom. The molecule has 1 nitrogen and oxygen atoms in total. The van der Waals surface area contributed by atoms with Gasteiger partial charge in [-0.05, 0) is 55.7 Å². The first kappa shape index (κ1) is 12.6. The molecule has 0 bridgehead atoms. The molecule has 0 aliphatic carbocycles. The summed E-state index contributed by atoms with van der Waals surface area (Å²) in [6.07, 6.45) is 0. The van der Waals surface area contributed by atoms with Gasteiger partial charge in [0.05, 0.1) is 0 Å². The molecule has 0 heterocycles. The number of rotatable bonds is 3. The quantitative estimate of drug-likeness (QED) is 0.829. The summed E-state index contributed by atoms with van der Waals surface area (Å²) in [6.45, 7) is 5.87. The molecule has 2 aromatic carbocycles. The summed E-state index contributed by atoms with van der Waals surface area (Å²) in [5.74, 6) is -0.148. The van der Waals surface area contributed by atoms with E-state index < -0.39 is 0 Å². The van der Waals surface area contributed by atoms with Crippen molar-refractivity contribution in [2.24, 2.45) is 0 Å². The van der Waals surface area contributed by atoms with Gasteiger partial charge in [0.25, 0.3) is 0 Å². The molecule has 0 aliphatic heterocycles. The van der Waals surface area contributed by atoms with Gasteiger partial charge < -0.3 is 5.32 Å². The predicted molar refractivity (Wildman–Crippen MR) is 74.4 cm³/mol. The Hall–Kier alpha value is -1.83. The van der Waals surface area contributed by atoms with Crippen molar-refractivity contribution < 1.29 is 4.39 Å². The molecule has 1 unspecified atom stereocenters. The topological polar surface area (TPSA) is 12.0 Å². The Balaban J connectivity index is 2.16. The van der Waals surface area contributed by atoms with Crippen molar-refractivity contribution in [3.05, 3.63) is 65.0 Å². The standard InChI is InChI=1S/C16H18FN/c1-11-5-4-6-15(9-11)18-13(3)14-8-7-12(2)16(17)10-14/h4-10,13,18H,1-3H3. The molecule has 2 heteroatoms. The highest BCUT2D eigenvalue weighted by molar-refractivity contribution is 5.47. The van der Waals surface area contributed by atoms with Gasteiger partial charge in [0.1, 0.15) is 5.82 Å². The van der Waals surface area contributed by atoms with Crippen LogP contribution in [0.3, 0.4) is 0 Å². The third-order valence-corrected chi connectivity index (χ3v) is 3.10. The van der Waals surface area contributed by atoms with E-state index in [2.05, 4.69) is 24.4 Å². The third-order valence-electron chi connectivity index (χ3n) is 3.10. The Labute approximate surface area is 108 Å². The molecule has 0 fully saturated rings. The number of nitrogens with one attached hydrogen (secondary N) is 1. The van der Waals surface area contributed by atoms with E-state index in [1.807, 2.05) is 31.2 Å². The van der Waals surface area contributed by atoms with E-state index in [4.69, 9.17) is 0 Å². The largest absolute Gasteiger partial charge is 0.379 e. The predicted octanol–water partition coefficient (Wildman–Crippen LogP) is 4.62. The van der Waals surface area contributed by atoms with Crippen LogP contribution in [0.5, 0.6) is 0 Å². The molecule has 1 N–H and O–H groups in total. The minimum Gasteiger partial charge on any atom is -0.379 e. The van der Waals surface area contributed by atoms with Crippen molar-refractivity contribution in [1.82, 2.24) is 0 Å². The fraction of sp³-hybridized carbons (Fsp3) is 0.250. The lowest BCUT2D eigenvalue weighted by molar-refractivity contribution is 0.614. The molecule has 0 saturated heterocycles. The first-order valence-corrected chi connectivity index (χ1v) is 6.15. The Morgan fingerprint density at radius 2 is 1.83 bits per heavy atom. The smallest absolute Gasteiger partial charge is 0.126 e. The van der Waals surface area contributed by atoms with Crippen LogP contribution in [0, 0.1) is 19.7 Å². The lowest BCUT2D eigenvalue weighted by atomic mass is 10.1. The molecular formula is C16H18FN.